The molecule has 2 aromatic carbocycles. The number of hydrogen-bond acceptors (Lipinski definition) is 1. The molecule has 2 N–H and O–H groups in total. The molecule has 0 aliphatic carbocycles. The summed E-state index contributed by atoms with van der Waals surface area (Å²) in [6, 6.07) is 12.0. The lowest BCUT2D eigenvalue weighted by Gasteiger charge is -2.05. The molecule has 2 rings (SSSR count). The van der Waals surface area contributed by atoms with Crippen LogP contribution in [0.4, 0.5) is 10.1 Å². The molecule has 0 spiro atoms. The summed E-state index contributed by atoms with van der Waals surface area (Å²) in [6.07, 6.45) is 0. The molecule has 0 saturated heterocycles. The van der Waals surface area contributed by atoms with Crippen molar-refractivity contribution >= 4 is 17.3 Å². The second kappa shape index (κ2) is 3.91. The normalized spacial score (nSPS) is 10.3. The van der Waals surface area contributed by atoms with Gasteiger partial charge in [-0.1, -0.05) is 35.9 Å². The third-order valence-electron chi connectivity index (χ3n) is 2.19. The highest BCUT2D eigenvalue weighted by Gasteiger charge is 2.04. The molecule has 2 aromatic rings. The first kappa shape index (κ1) is 9.99. The van der Waals surface area contributed by atoms with E-state index in [9.17, 15) is 4.39 Å². The number of benzene rings is 2. The smallest absolute Gasteiger partial charge is 0.141 e. The minimum Gasteiger partial charge on any atom is -0.398 e. The van der Waals surface area contributed by atoms with Crippen LogP contribution in [-0.4, -0.2) is 0 Å². The third-order valence-corrected chi connectivity index (χ3v) is 2.48. The lowest BCUT2D eigenvalue weighted by atomic mass is 10.0. The van der Waals surface area contributed by atoms with Crippen LogP contribution >= 0.6 is 11.6 Å². The fraction of sp³-hybridized carbons (Fsp3) is 0. The first-order valence-corrected chi connectivity index (χ1v) is 4.86. The number of anilines is 1. The van der Waals surface area contributed by atoms with Crippen molar-refractivity contribution in [2.75, 3.05) is 5.73 Å². The molecule has 0 aromatic heterocycles. The van der Waals surface area contributed by atoms with E-state index in [2.05, 4.69) is 0 Å². The minimum absolute atomic E-state index is 0.107. The monoisotopic (exact) mass is 221 g/mol. The van der Waals surface area contributed by atoms with Crippen LogP contribution in [0.15, 0.2) is 42.5 Å². The van der Waals surface area contributed by atoms with E-state index >= 15 is 0 Å². The molecule has 1 nitrogen and oxygen atoms in total. The predicted molar refractivity (Wildman–Crippen MR) is 61.3 cm³/mol. The molecule has 0 aliphatic heterocycles. The summed E-state index contributed by atoms with van der Waals surface area (Å²) in [6.45, 7) is 0. The van der Waals surface area contributed by atoms with Crippen LogP contribution in [0.25, 0.3) is 11.1 Å². The van der Waals surface area contributed by atoms with Crippen molar-refractivity contribution in [3.63, 3.8) is 0 Å². The number of nitrogens with two attached hydrogens (primary N) is 1. The van der Waals surface area contributed by atoms with Crippen LogP contribution in [0.3, 0.4) is 0 Å². The fourth-order valence-electron chi connectivity index (χ4n) is 1.42. The van der Waals surface area contributed by atoms with Gasteiger partial charge in [0.25, 0.3) is 0 Å². The van der Waals surface area contributed by atoms with Gasteiger partial charge in [-0.05, 0) is 23.8 Å². The third kappa shape index (κ3) is 1.95. The number of rotatable bonds is 1. The molecule has 76 valence electrons. The zero-order valence-electron chi connectivity index (χ0n) is 7.87. The first-order chi connectivity index (χ1) is 7.18. The van der Waals surface area contributed by atoms with E-state index in [1.807, 2.05) is 18.2 Å². The average molecular weight is 222 g/mol. The highest BCUT2D eigenvalue weighted by Crippen LogP contribution is 2.28. The summed E-state index contributed by atoms with van der Waals surface area (Å²) in [5, 5.41) is 0.107. The Kier molecular flexibility index (Phi) is 2.60. The van der Waals surface area contributed by atoms with Gasteiger partial charge in [-0.3, -0.25) is 0 Å². The molecule has 3 heteroatoms. The highest BCUT2D eigenvalue weighted by atomic mass is 35.5. The molecule has 0 fully saturated rings. The molecule has 0 radical (unpaired) electrons. The van der Waals surface area contributed by atoms with Crippen molar-refractivity contribution in [2.24, 2.45) is 0 Å². The van der Waals surface area contributed by atoms with Gasteiger partial charge in [-0.15, -0.1) is 0 Å². The van der Waals surface area contributed by atoms with Crippen LogP contribution in [0.1, 0.15) is 0 Å². The summed E-state index contributed by atoms with van der Waals surface area (Å²) >= 11 is 5.70. The maximum absolute atomic E-state index is 13.0. The van der Waals surface area contributed by atoms with Crippen LogP contribution in [0.2, 0.25) is 5.02 Å². The second-order valence-corrected chi connectivity index (χ2v) is 3.62. The van der Waals surface area contributed by atoms with E-state index in [1.54, 1.807) is 18.2 Å². The van der Waals surface area contributed by atoms with Crippen LogP contribution in [0.5, 0.6) is 0 Å². The Morgan fingerprint density at radius 3 is 2.47 bits per heavy atom. The first-order valence-electron chi connectivity index (χ1n) is 4.48. The molecule has 0 aliphatic rings. The molecule has 0 unspecified atom stereocenters. The van der Waals surface area contributed by atoms with E-state index < -0.39 is 5.82 Å². The largest absolute Gasteiger partial charge is 0.398 e. The van der Waals surface area contributed by atoms with Gasteiger partial charge in [-0.2, -0.15) is 0 Å². The van der Waals surface area contributed by atoms with Gasteiger partial charge in [0.1, 0.15) is 5.82 Å². The Bertz CT molecular complexity index is 497. The summed E-state index contributed by atoms with van der Waals surface area (Å²) in [4.78, 5) is 0. The Hall–Kier alpha value is -1.54. The van der Waals surface area contributed by atoms with Gasteiger partial charge in [0.15, 0.2) is 0 Å². The highest BCUT2D eigenvalue weighted by molar-refractivity contribution is 6.31. The SMILES string of the molecule is Nc1ccccc1-c1ccc(F)c(Cl)c1. The fourth-order valence-corrected chi connectivity index (χ4v) is 1.60. The summed E-state index contributed by atoms with van der Waals surface area (Å²) in [5.41, 5.74) is 8.14. The molecule has 0 amide bonds. The Morgan fingerprint density at radius 2 is 1.80 bits per heavy atom. The quantitative estimate of drug-likeness (QED) is 0.730. The maximum Gasteiger partial charge on any atom is 0.141 e. The standard InChI is InChI=1S/C12H9ClFN/c13-10-7-8(5-6-11(10)14)9-3-1-2-4-12(9)15/h1-7H,15H2. The van der Waals surface area contributed by atoms with E-state index in [-0.39, 0.29) is 5.02 Å². The Balaban J connectivity index is 2.55. The van der Waals surface area contributed by atoms with E-state index in [0.717, 1.165) is 11.1 Å². The van der Waals surface area contributed by atoms with Crippen molar-refractivity contribution in [1.29, 1.82) is 0 Å². The van der Waals surface area contributed by atoms with E-state index in [1.165, 1.54) is 6.07 Å². The zero-order chi connectivity index (χ0) is 10.8. The Labute approximate surface area is 92.3 Å². The van der Waals surface area contributed by atoms with Gasteiger partial charge in [0.05, 0.1) is 5.02 Å². The molecule has 0 atom stereocenters. The van der Waals surface area contributed by atoms with Crippen molar-refractivity contribution in [3.05, 3.63) is 53.3 Å². The van der Waals surface area contributed by atoms with Gasteiger partial charge in [-0.25, -0.2) is 4.39 Å². The lowest BCUT2D eigenvalue weighted by Crippen LogP contribution is -1.89. The summed E-state index contributed by atoms with van der Waals surface area (Å²) in [5.74, 6) is -0.421. The van der Waals surface area contributed by atoms with Crippen LogP contribution < -0.4 is 5.73 Å². The summed E-state index contributed by atoms with van der Waals surface area (Å²) < 4.78 is 13.0. The van der Waals surface area contributed by atoms with Crippen molar-refractivity contribution in [3.8, 4) is 11.1 Å². The number of halogens is 2. The minimum atomic E-state index is -0.421. The van der Waals surface area contributed by atoms with Gasteiger partial charge >= 0.3 is 0 Å². The summed E-state index contributed by atoms with van der Waals surface area (Å²) in [7, 11) is 0. The number of para-hydroxylation sites is 1. The van der Waals surface area contributed by atoms with Crippen molar-refractivity contribution in [1.82, 2.24) is 0 Å². The van der Waals surface area contributed by atoms with Gasteiger partial charge in [0.2, 0.25) is 0 Å². The van der Waals surface area contributed by atoms with Crippen molar-refractivity contribution < 1.29 is 4.39 Å². The number of hydrogen-bond donors (Lipinski definition) is 1. The second-order valence-electron chi connectivity index (χ2n) is 3.22. The molecule has 0 saturated carbocycles. The van der Waals surface area contributed by atoms with Crippen LogP contribution in [-0.2, 0) is 0 Å². The van der Waals surface area contributed by atoms with E-state index in [0.29, 0.717) is 5.69 Å². The van der Waals surface area contributed by atoms with Crippen LogP contribution in [0, 0.1) is 5.82 Å². The van der Waals surface area contributed by atoms with Gasteiger partial charge in [0, 0.05) is 11.3 Å². The maximum atomic E-state index is 13.0. The molecule has 0 bridgehead atoms. The average Bonchev–Trinajstić information content (AvgIpc) is 2.23. The molecule has 0 heterocycles. The molecular formula is C12H9ClFN. The van der Waals surface area contributed by atoms with Gasteiger partial charge < -0.3 is 5.73 Å². The molecule has 15 heavy (non-hydrogen) atoms. The molecular weight excluding hydrogens is 213 g/mol. The predicted octanol–water partition coefficient (Wildman–Crippen LogP) is 3.73. The lowest BCUT2D eigenvalue weighted by molar-refractivity contribution is 0.628. The van der Waals surface area contributed by atoms with Crippen molar-refractivity contribution in [2.45, 2.75) is 0 Å². The zero-order valence-corrected chi connectivity index (χ0v) is 8.63. The van der Waals surface area contributed by atoms with E-state index in [4.69, 9.17) is 17.3 Å². The Morgan fingerprint density at radius 1 is 1.07 bits per heavy atom. The topological polar surface area (TPSA) is 26.0 Å². The number of nitrogen functional groups attached to an aromatic ring is 1.